The first-order chi connectivity index (χ1) is 8.28. The largest absolute Gasteiger partial charge is 0.326 e. The average Bonchev–Trinajstić information content (AvgIpc) is 2.38. The lowest BCUT2D eigenvalue weighted by Crippen LogP contribution is -1.96. The second kappa shape index (κ2) is 5.80. The van der Waals surface area contributed by atoms with Crippen LogP contribution in [0.4, 0.5) is 0 Å². The van der Waals surface area contributed by atoms with Gasteiger partial charge in [-0.05, 0) is 23.6 Å². The van der Waals surface area contributed by atoms with E-state index in [1.54, 1.807) is 11.8 Å². The zero-order chi connectivity index (χ0) is 12.1. The van der Waals surface area contributed by atoms with E-state index >= 15 is 0 Å². The van der Waals surface area contributed by atoms with Crippen molar-refractivity contribution in [3.8, 4) is 0 Å². The van der Waals surface area contributed by atoms with Crippen molar-refractivity contribution in [2.75, 3.05) is 0 Å². The second-order valence-corrected chi connectivity index (χ2v) is 4.80. The minimum Gasteiger partial charge on any atom is -0.326 e. The fourth-order valence-corrected chi connectivity index (χ4v) is 2.18. The Morgan fingerprint density at radius 3 is 2.59 bits per heavy atom. The minimum atomic E-state index is 0.583. The molecular weight excluding hydrogens is 230 g/mol. The zero-order valence-corrected chi connectivity index (χ0v) is 10.6. The first-order valence-electron chi connectivity index (χ1n) is 5.47. The maximum absolute atomic E-state index is 5.61. The van der Waals surface area contributed by atoms with Gasteiger partial charge < -0.3 is 5.73 Å². The molecule has 0 atom stereocenters. The molecule has 3 nitrogen and oxygen atoms in total. The molecule has 0 saturated heterocycles. The number of rotatable bonds is 4. The van der Waals surface area contributed by atoms with Crippen LogP contribution in [0.1, 0.15) is 16.7 Å². The fourth-order valence-electron chi connectivity index (χ4n) is 1.45. The fraction of sp³-hybridized carbons (Fsp3) is 0.231. The monoisotopic (exact) mass is 245 g/mol. The first-order valence-corrected chi connectivity index (χ1v) is 6.46. The number of hydrogen-bond donors (Lipinski definition) is 1. The van der Waals surface area contributed by atoms with Crippen LogP contribution in [0.3, 0.4) is 0 Å². The lowest BCUT2D eigenvalue weighted by molar-refractivity contribution is 0.949. The van der Waals surface area contributed by atoms with Crippen LogP contribution < -0.4 is 5.73 Å². The van der Waals surface area contributed by atoms with Crippen LogP contribution in [0, 0.1) is 6.92 Å². The van der Waals surface area contributed by atoms with Gasteiger partial charge in [-0.2, -0.15) is 0 Å². The van der Waals surface area contributed by atoms with E-state index < -0.39 is 0 Å². The summed E-state index contributed by atoms with van der Waals surface area (Å²) in [6.45, 7) is 2.57. The topological polar surface area (TPSA) is 51.8 Å². The molecule has 17 heavy (non-hydrogen) atoms. The molecule has 0 amide bonds. The summed E-state index contributed by atoms with van der Waals surface area (Å²) < 4.78 is 0. The van der Waals surface area contributed by atoms with Gasteiger partial charge in [-0.3, -0.25) is 0 Å². The highest BCUT2D eigenvalue weighted by Crippen LogP contribution is 2.19. The van der Waals surface area contributed by atoms with Gasteiger partial charge in [0.25, 0.3) is 0 Å². The molecule has 0 radical (unpaired) electrons. The third-order valence-corrected chi connectivity index (χ3v) is 3.30. The normalized spacial score (nSPS) is 10.5. The standard InChI is InChI=1S/C13H15N3S/c1-10-7-15-13(16-8-10)17-9-12-4-2-3-11(5-12)6-14/h2-5,7-8H,6,9,14H2,1H3. The number of nitrogens with two attached hydrogens (primary N) is 1. The van der Waals surface area contributed by atoms with Crippen molar-refractivity contribution in [3.05, 3.63) is 53.3 Å². The van der Waals surface area contributed by atoms with Crippen LogP contribution in [0.5, 0.6) is 0 Å². The smallest absolute Gasteiger partial charge is 0.187 e. The Bertz CT molecular complexity index is 482. The van der Waals surface area contributed by atoms with Crippen molar-refractivity contribution in [3.63, 3.8) is 0 Å². The highest BCUT2D eigenvalue weighted by atomic mass is 32.2. The summed E-state index contributed by atoms with van der Waals surface area (Å²) in [4.78, 5) is 8.53. The van der Waals surface area contributed by atoms with Crippen molar-refractivity contribution in [1.82, 2.24) is 9.97 Å². The molecule has 1 heterocycles. The van der Waals surface area contributed by atoms with Crippen LogP contribution in [0.15, 0.2) is 41.8 Å². The predicted molar refractivity (Wildman–Crippen MR) is 70.7 cm³/mol. The summed E-state index contributed by atoms with van der Waals surface area (Å²) in [6.07, 6.45) is 3.68. The summed E-state index contributed by atoms with van der Waals surface area (Å²) >= 11 is 1.64. The van der Waals surface area contributed by atoms with Gasteiger partial charge in [0.05, 0.1) is 0 Å². The molecule has 2 aromatic rings. The molecule has 0 bridgehead atoms. The highest BCUT2D eigenvalue weighted by Gasteiger charge is 1.99. The average molecular weight is 245 g/mol. The van der Waals surface area contributed by atoms with E-state index in [2.05, 4.69) is 22.1 Å². The molecule has 4 heteroatoms. The van der Waals surface area contributed by atoms with Crippen LogP contribution in [0.2, 0.25) is 0 Å². The predicted octanol–water partition coefficient (Wildman–Crippen LogP) is 2.54. The summed E-state index contributed by atoms with van der Waals surface area (Å²) in [6, 6.07) is 8.30. The van der Waals surface area contributed by atoms with E-state index in [0.29, 0.717) is 6.54 Å². The van der Waals surface area contributed by atoms with Crippen LogP contribution in [-0.4, -0.2) is 9.97 Å². The molecule has 0 saturated carbocycles. The van der Waals surface area contributed by atoms with Gasteiger partial charge in [-0.15, -0.1) is 0 Å². The van der Waals surface area contributed by atoms with Crippen molar-refractivity contribution >= 4 is 11.8 Å². The van der Waals surface area contributed by atoms with Crippen molar-refractivity contribution in [2.24, 2.45) is 5.73 Å². The second-order valence-electron chi connectivity index (χ2n) is 3.86. The lowest BCUT2D eigenvalue weighted by atomic mass is 10.1. The summed E-state index contributed by atoms with van der Waals surface area (Å²) in [7, 11) is 0. The summed E-state index contributed by atoms with van der Waals surface area (Å²) in [5, 5.41) is 0.814. The zero-order valence-electron chi connectivity index (χ0n) is 9.76. The van der Waals surface area contributed by atoms with Gasteiger partial charge in [0.2, 0.25) is 0 Å². The molecule has 0 aliphatic rings. The van der Waals surface area contributed by atoms with E-state index in [4.69, 9.17) is 5.73 Å². The first kappa shape index (κ1) is 12.1. The number of hydrogen-bond acceptors (Lipinski definition) is 4. The Balaban J connectivity index is 1.99. The molecule has 0 aliphatic carbocycles. The maximum atomic E-state index is 5.61. The molecule has 2 rings (SSSR count). The van der Waals surface area contributed by atoms with Crippen molar-refractivity contribution < 1.29 is 0 Å². The van der Waals surface area contributed by atoms with Gasteiger partial charge in [0.15, 0.2) is 5.16 Å². The quantitative estimate of drug-likeness (QED) is 0.664. The summed E-state index contributed by atoms with van der Waals surface area (Å²) in [5.74, 6) is 0.872. The molecule has 1 aromatic heterocycles. The van der Waals surface area contributed by atoms with Crippen LogP contribution >= 0.6 is 11.8 Å². The molecule has 0 unspecified atom stereocenters. The SMILES string of the molecule is Cc1cnc(SCc2cccc(CN)c2)nc1. The molecule has 2 N–H and O–H groups in total. The Kier molecular flexibility index (Phi) is 4.12. The molecule has 0 fully saturated rings. The number of nitrogens with zero attached hydrogens (tertiary/aromatic N) is 2. The van der Waals surface area contributed by atoms with Crippen LogP contribution in [0.25, 0.3) is 0 Å². The number of thioether (sulfide) groups is 1. The number of aryl methyl sites for hydroxylation is 1. The Labute approximate surface area is 105 Å². The minimum absolute atomic E-state index is 0.583. The molecule has 0 spiro atoms. The lowest BCUT2D eigenvalue weighted by Gasteiger charge is -2.03. The van der Waals surface area contributed by atoms with E-state index in [1.165, 1.54) is 5.56 Å². The van der Waals surface area contributed by atoms with E-state index in [-0.39, 0.29) is 0 Å². The molecule has 1 aromatic carbocycles. The van der Waals surface area contributed by atoms with Gasteiger partial charge in [-0.1, -0.05) is 36.0 Å². The van der Waals surface area contributed by atoms with E-state index in [1.807, 2.05) is 31.5 Å². The maximum Gasteiger partial charge on any atom is 0.187 e. The Hall–Kier alpha value is -1.39. The van der Waals surface area contributed by atoms with E-state index in [0.717, 1.165) is 22.0 Å². The van der Waals surface area contributed by atoms with Crippen LogP contribution in [-0.2, 0) is 12.3 Å². The third kappa shape index (κ3) is 3.54. The number of aromatic nitrogens is 2. The third-order valence-electron chi connectivity index (χ3n) is 2.35. The van der Waals surface area contributed by atoms with E-state index in [9.17, 15) is 0 Å². The number of benzene rings is 1. The van der Waals surface area contributed by atoms with Gasteiger partial charge >= 0.3 is 0 Å². The summed E-state index contributed by atoms with van der Waals surface area (Å²) in [5.41, 5.74) is 9.11. The van der Waals surface area contributed by atoms with Gasteiger partial charge in [0, 0.05) is 24.7 Å². The Morgan fingerprint density at radius 1 is 1.18 bits per heavy atom. The van der Waals surface area contributed by atoms with Gasteiger partial charge in [-0.25, -0.2) is 9.97 Å². The molecular formula is C13H15N3S. The Morgan fingerprint density at radius 2 is 1.88 bits per heavy atom. The molecule has 0 aliphatic heterocycles. The van der Waals surface area contributed by atoms with Crippen molar-refractivity contribution in [2.45, 2.75) is 24.4 Å². The van der Waals surface area contributed by atoms with Crippen molar-refractivity contribution in [1.29, 1.82) is 0 Å². The highest BCUT2D eigenvalue weighted by molar-refractivity contribution is 7.98. The molecule has 88 valence electrons. The van der Waals surface area contributed by atoms with Gasteiger partial charge in [0.1, 0.15) is 0 Å².